The minimum Gasteiger partial charge on any atom is -0.476 e. The van der Waals surface area contributed by atoms with Crippen LogP contribution in [0, 0.1) is 0 Å². The van der Waals surface area contributed by atoms with Crippen molar-refractivity contribution in [3.63, 3.8) is 0 Å². The van der Waals surface area contributed by atoms with Crippen molar-refractivity contribution in [1.29, 1.82) is 0 Å². The molecule has 0 saturated heterocycles. The van der Waals surface area contributed by atoms with Gasteiger partial charge in [-0.05, 0) is 31.2 Å². The van der Waals surface area contributed by atoms with Crippen molar-refractivity contribution in [3.05, 3.63) is 24.3 Å². The number of nitrogens with two attached hydrogens (primary N) is 1. The fourth-order valence-corrected chi connectivity index (χ4v) is 1.03. The molecule has 1 rings (SSSR count). The number of carbonyl (C=O) groups excluding carboxylic acids is 1. The van der Waals surface area contributed by atoms with E-state index in [0.29, 0.717) is 5.75 Å². The second kappa shape index (κ2) is 4.62. The zero-order chi connectivity index (χ0) is 10.6. The van der Waals surface area contributed by atoms with Gasteiger partial charge in [-0.3, -0.25) is 10.5 Å². The Labute approximate surface area is 83.1 Å². The lowest BCUT2D eigenvalue weighted by Crippen LogP contribution is -2.22. The molecule has 0 aromatic heterocycles. The topological polar surface area (TPSA) is 64.3 Å². The third kappa shape index (κ3) is 3.45. The minimum absolute atomic E-state index is 0.0918. The molecule has 1 amide bonds. The van der Waals surface area contributed by atoms with Gasteiger partial charge in [-0.2, -0.15) is 0 Å². The zero-order valence-electron chi connectivity index (χ0n) is 8.28. The summed E-state index contributed by atoms with van der Waals surface area (Å²) < 4.78 is 5.24. The Morgan fingerprint density at radius 3 is 2.43 bits per heavy atom. The molecule has 3 N–H and O–H groups in total. The Balaban J connectivity index is 2.63. The zero-order valence-corrected chi connectivity index (χ0v) is 8.28. The summed E-state index contributed by atoms with van der Waals surface area (Å²) in [4.78, 5) is 10.7. The molecule has 0 radical (unpaired) electrons. The monoisotopic (exact) mass is 194 g/mol. The van der Waals surface area contributed by atoms with Crippen LogP contribution in [-0.4, -0.2) is 12.1 Å². The lowest BCUT2D eigenvalue weighted by molar-refractivity contribution is -0.114. The highest BCUT2D eigenvalue weighted by Gasteiger charge is 1.98. The number of hydrogen-bond donors (Lipinski definition) is 2. The van der Waals surface area contributed by atoms with Crippen LogP contribution in [0.3, 0.4) is 0 Å². The molecule has 4 heteroatoms. The third-order valence-corrected chi connectivity index (χ3v) is 1.50. The number of carbonyl (C=O) groups is 1. The van der Waals surface area contributed by atoms with Crippen LogP contribution in [0.1, 0.15) is 13.8 Å². The molecule has 0 fully saturated rings. The van der Waals surface area contributed by atoms with Gasteiger partial charge in [0.15, 0.2) is 0 Å². The molecule has 1 aromatic carbocycles. The van der Waals surface area contributed by atoms with Crippen molar-refractivity contribution >= 4 is 11.6 Å². The van der Waals surface area contributed by atoms with Gasteiger partial charge < -0.3 is 10.1 Å². The van der Waals surface area contributed by atoms with Gasteiger partial charge >= 0.3 is 0 Å². The quantitative estimate of drug-likeness (QED) is 0.713. The van der Waals surface area contributed by atoms with Gasteiger partial charge in [0.05, 0.1) is 0 Å². The number of amides is 1. The second-order valence-electron chi connectivity index (χ2n) is 3.03. The van der Waals surface area contributed by atoms with E-state index in [-0.39, 0.29) is 12.1 Å². The van der Waals surface area contributed by atoms with E-state index >= 15 is 0 Å². The molecular formula is C10H14N2O2. The summed E-state index contributed by atoms with van der Waals surface area (Å²) in [5.41, 5.74) is 6.20. The van der Waals surface area contributed by atoms with Gasteiger partial charge in [-0.15, -0.1) is 0 Å². The van der Waals surface area contributed by atoms with Gasteiger partial charge in [0.1, 0.15) is 12.0 Å². The molecule has 0 heterocycles. The molecule has 1 atom stereocenters. The van der Waals surface area contributed by atoms with E-state index in [1.807, 2.05) is 0 Å². The highest BCUT2D eigenvalue weighted by atomic mass is 16.5. The van der Waals surface area contributed by atoms with E-state index < -0.39 is 0 Å². The van der Waals surface area contributed by atoms with Gasteiger partial charge in [0.25, 0.3) is 0 Å². The molecular weight excluding hydrogens is 180 g/mol. The van der Waals surface area contributed by atoms with Gasteiger partial charge in [-0.1, -0.05) is 0 Å². The van der Waals surface area contributed by atoms with Crippen LogP contribution in [0.2, 0.25) is 0 Å². The number of anilines is 1. The first-order valence-corrected chi connectivity index (χ1v) is 4.38. The molecule has 76 valence electrons. The van der Waals surface area contributed by atoms with Crippen LogP contribution in [0.15, 0.2) is 24.3 Å². The Hall–Kier alpha value is -1.55. The Morgan fingerprint density at radius 2 is 2.00 bits per heavy atom. The maximum absolute atomic E-state index is 10.7. The average molecular weight is 194 g/mol. The van der Waals surface area contributed by atoms with Crippen LogP contribution in [0.5, 0.6) is 5.75 Å². The number of rotatable bonds is 3. The molecule has 0 bridgehead atoms. The van der Waals surface area contributed by atoms with Gasteiger partial charge in [-0.25, -0.2) is 0 Å². The van der Waals surface area contributed by atoms with Crippen LogP contribution >= 0.6 is 0 Å². The standard InChI is InChI=1S/C10H14N2O2/c1-7(11)14-10-5-3-9(4-6-10)12-8(2)13/h3-7H,11H2,1-2H3,(H,12,13). The van der Waals surface area contributed by atoms with E-state index in [1.54, 1.807) is 31.2 Å². The molecule has 0 aliphatic rings. The lowest BCUT2D eigenvalue weighted by atomic mass is 10.3. The van der Waals surface area contributed by atoms with Crippen molar-refractivity contribution in [3.8, 4) is 5.75 Å². The number of benzene rings is 1. The third-order valence-electron chi connectivity index (χ3n) is 1.50. The highest BCUT2D eigenvalue weighted by Crippen LogP contribution is 2.15. The predicted molar refractivity (Wildman–Crippen MR) is 55.0 cm³/mol. The average Bonchev–Trinajstić information content (AvgIpc) is 2.06. The summed E-state index contributed by atoms with van der Waals surface area (Å²) in [6.45, 7) is 3.22. The van der Waals surface area contributed by atoms with Crippen LogP contribution < -0.4 is 15.8 Å². The molecule has 4 nitrogen and oxygen atoms in total. The van der Waals surface area contributed by atoms with Crippen molar-refractivity contribution in [2.75, 3.05) is 5.32 Å². The molecule has 1 aromatic rings. The Bertz CT molecular complexity index is 306. The van der Waals surface area contributed by atoms with E-state index in [4.69, 9.17) is 10.5 Å². The van der Waals surface area contributed by atoms with E-state index in [9.17, 15) is 4.79 Å². The lowest BCUT2D eigenvalue weighted by Gasteiger charge is -2.09. The summed E-state index contributed by atoms with van der Waals surface area (Å²) in [5.74, 6) is 0.597. The van der Waals surface area contributed by atoms with Crippen molar-refractivity contribution < 1.29 is 9.53 Å². The smallest absolute Gasteiger partial charge is 0.221 e. The molecule has 1 unspecified atom stereocenters. The number of nitrogens with one attached hydrogen (secondary N) is 1. The molecule has 14 heavy (non-hydrogen) atoms. The van der Waals surface area contributed by atoms with Crippen LogP contribution in [0.4, 0.5) is 5.69 Å². The van der Waals surface area contributed by atoms with Crippen LogP contribution in [0.25, 0.3) is 0 Å². The van der Waals surface area contributed by atoms with Crippen LogP contribution in [-0.2, 0) is 4.79 Å². The first-order valence-electron chi connectivity index (χ1n) is 4.38. The van der Waals surface area contributed by atoms with E-state index in [2.05, 4.69) is 5.32 Å². The number of ether oxygens (including phenoxy) is 1. The maximum atomic E-state index is 10.7. The number of hydrogen-bond acceptors (Lipinski definition) is 3. The van der Waals surface area contributed by atoms with E-state index in [0.717, 1.165) is 5.69 Å². The molecule has 0 aliphatic carbocycles. The van der Waals surface area contributed by atoms with Gasteiger partial charge in [0.2, 0.25) is 5.91 Å². The largest absolute Gasteiger partial charge is 0.476 e. The predicted octanol–water partition coefficient (Wildman–Crippen LogP) is 1.33. The van der Waals surface area contributed by atoms with Crippen molar-refractivity contribution in [2.24, 2.45) is 5.73 Å². The fourth-order valence-electron chi connectivity index (χ4n) is 1.03. The van der Waals surface area contributed by atoms with Crippen molar-refractivity contribution in [2.45, 2.75) is 20.1 Å². The first-order chi connectivity index (χ1) is 6.58. The van der Waals surface area contributed by atoms with Gasteiger partial charge in [0, 0.05) is 12.6 Å². The summed E-state index contributed by atoms with van der Waals surface area (Å²) in [6, 6.07) is 7.04. The SMILES string of the molecule is CC(=O)Nc1ccc(OC(C)N)cc1. The molecule has 0 aliphatic heterocycles. The Morgan fingerprint density at radius 1 is 1.43 bits per heavy atom. The normalized spacial score (nSPS) is 11.9. The first kappa shape index (κ1) is 10.5. The Kier molecular flexibility index (Phi) is 3.48. The maximum Gasteiger partial charge on any atom is 0.221 e. The summed E-state index contributed by atoms with van der Waals surface area (Å²) in [6.07, 6.45) is -0.332. The molecule has 0 spiro atoms. The minimum atomic E-state index is -0.332. The second-order valence-corrected chi connectivity index (χ2v) is 3.03. The van der Waals surface area contributed by atoms with E-state index in [1.165, 1.54) is 6.92 Å². The summed E-state index contributed by atoms with van der Waals surface area (Å²) >= 11 is 0. The highest BCUT2D eigenvalue weighted by molar-refractivity contribution is 5.88. The summed E-state index contributed by atoms with van der Waals surface area (Å²) in [5, 5.41) is 2.66. The summed E-state index contributed by atoms with van der Waals surface area (Å²) in [7, 11) is 0. The molecule has 0 saturated carbocycles. The van der Waals surface area contributed by atoms with Crippen molar-refractivity contribution in [1.82, 2.24) is 0 Å². The fraction of sp³-hybridized carbons (Fsp3) is 0.300.